The Kier molecular flexibility index (Phi) is 36.6. The summed E-state index contributed by atoms with van der Waals surface area (Å²) >= 11 is 1.81. The molecule has 0 unspecified atom stereocenters. The van der Waals surface area contributed by atoms with Crippen LogP contribution in [-0.4, -0.2) is 22.5 Å². The van der Waals surface area contributed by atoms with E-state index in [0.717, 1.165) is 3.93 Å². The average Bonchev–Trinajstić information content (AvgIpc) is 2.92. The van der Waals surface area contributed by atoms with E-state index in [1.54, 1.807) is 0 Å². The molecule has 0 nitrogen and oxygen atoms in total. The summed E-state index contributed by atoms with van der Waals surface area (Å²) in [6.45, 7) is 4.62. The van der Waals surface area contributed by atoms with Crippen molar-refractivity contribution in [1.29, 1.82) is 0 Å². The standard InChI is InChI=1S/C37H75.Sn/c1-3-5-7-9-11-13-15-17-19-21-23-25-27-29-31-33-35-37-36-34-32-30-28-26-24-22-20-18-16-14-12-10-8-6-4-2;/h37H,3-36H2,1-2H3;. The molecule has 3 radical (unpaired) electrons. The average molecular weight is 639 g/mol. The zero-order valence-electron chi connectivity index (χ0n) is 27.1. The van der Waals surface area contributed by atoms with Crippen LogP contribution in [0.4, 0.5) is 0 Å². The van der Waals surface area contributed by atoms with E-state index in [0.29, 0.717) is 0 Å². The molecule has 0 aromatic heterocycles. The van der Waals surface area contributed by atoms with E-state index in [-0.39, 0.29) is 0 Å². The Bertz CT molecular complexity index is 356. The Morgan fingerprint density at radius 3 is 0.605 bits per heavy atom. The molecule has 1 heteroatoms. The van der Waals surface area contributed by atoms with Crippen LogP contribution in [0.25, 0.3) is 0 Å². The van der Waals surface area contributed by atoms with E-state index in [2.05, 4.69) is 13.8 Å². The molecule has 0 aliphatic rings. The van der Waals surface area contributed by atoms with Crippen molar-refractivity contribution in [3.8, 4) is 0 Å². The fourth-order valence-corrected chi connectivity index (χ4v) is 7.19. The van der Waals surface area contributed by atoms with Gasteiger partial charge in [-0.25, -0.2) is 0 Å². The Hall–Kier alpha value is 0.799. The second-order valence-electron chi connectivity index (χ2n) is 12.9. The minimum absolute atomic E-state index is 1.06. The first-order valence-electron chi connectivity index (χ1n) is 18.5. The van der Waals surface area contributed by atoms with Crippen LogP contribution in [0.1, 0.15) is 232 Å². The third-order valence-electron chi connectivity index (χ3n) is 8.81. The molecule has 0 bridgehead atoms. The molecule has 0 amide bonds. The van der Waals surface area contributed by atoms with Crippen molar-refractivity contribution in [1.82, 2.24) is 0 Å². The van der Waals surface area contributed by atoms with Gasteiger partial charge in [-0.3, -0.25) is 0 Å². The summed E-state index contributed by atoms with van der Waals surface area (Å²) in [5, 5.41) is 0. The van der Waals surface area contributed by atoms with Gasteiger partial charge in [0.25, 0.3) is 0 Å². The van der Waals surface area contributed by atoms with Crippen LogP contribution in [0, 0.1) is 0 Å². The predicted octanol–water partition coefficient (Wildman–Crippen LogP) is 14.2. The van der Waals surface area contributed by atoms with E-state index in [1.165, 1.54) is 218 Å². The van der Waals surface area contributed by atoms with E-state index in [9.17, 15) is 0 Å². The molecule has 0 saturated carbocycles. The fraction of sp³-hybridized carbons (Fsp3) is 1.00. The molecule has 0 aromatic rings. The van der Waals surface area contributed by atoms with Gasteiger partial charge >= 0.3 is 168 Å². The van der Waals surface area contributed by atoms with Crippen LogP contribution < -0.4 is 0 Å². The van der Waals surface area contributed by atoms with Gasteiger partial charge < -0.3 is 0 Å². The molecule has 0 rings (SSSR count). The molecule has 0 fully saturated rings. The molecule has 38 heavy (non-hydrogen) atoms. The molecule has 0 aliphatic carbocycles. The van der Waals surface area contributed by atoms with Crippen LogP contribution >= 0.6 is 0 Å². The molecule has 0 aromatic carbocycles. The van der Waals surface area contributed by atoms with Crippen LogP contribution in [0.5, 0.6) is 0 Å². The van der Waals surface area contributed by atoms with Gasteiger partial charge in [0.1, 0.15) is 0 Å². The Labute approximate surface area is 257 Å². The molecule has 227 valence electrons. The quantitative estimate of drug-likeness (QED) is 0.0486. The molecule has 0 spiro atoms. The summed E-state index contributed by atoms with van der Waals surface area (Å²) in [5.74, 6) is 0. The molecule has 0 atom stereocenters. The first kappa shape index (κ1) is 38.8. The van der Waals surface area contributed by atoms with Gasteiger partial charge in [0, 0.05) is 0 Å². The van der Waals surface area contributed by atoms with E-state index in [1.807, 2.05) is 22.5 Å². The predicted molar refractivity (Wildman–Crippen MR) is 178 cm³/mol. The van der Waals surface area contributed by atoms with E-state index in [4.69, 9.17) is 0 Å². The Morgan fingerprint density at radius 2 is 0.421 bits per heavy atom. The van der Waals surface area contributed by atoms with Crippen molar-refractivity contribution in [2.45, 2.75) is 236 Å². The summed E-state index contributed by atoms with van der Waals surface area (Å²) in [6, 6.07) is 0. The van der Waals surface area contributed by atoms with Gasteiger partial charge in [-0.1, -0.05) is 90.9 Å². The zero-order chi connectivity index (χ0) is 27.6. The molecular weight excluding hydrogens is 563 g/mol. The van der Waals surface area contributed by atoms with Crippen molar-refractivity contribution in [2.75, 3.05) is 0 Å². The first-order valence-corrected chi connectivity index (χ1v) is 20.2. The number of hydrogen-bond donors (Lipinski definition) is 0. The molecule has 0 heterocycles. The number of rotatable bonds is 34. The van der Waals surface area contributed by atoms with Gasteiger partial charge in [-0.05, 0) is 0 Å². The van der Waals surface area contributed by atoms with Crippen LogP contribution in [0.3, 0.4) is 0 Å². The van der Waals surface area contributed by atoms with Crippen LogP contribution in [-0.2, 0) is 0 Å². The Morgan fingerprint density at radius 1 is 0.263 bits per heavy atom. The molecule has 0 aliphatic heterocycles. The third-order valence-corrected chi connectivity index (χ3v) is 10.5. The van der Waals surface area contributed by atoms with Crippen molar-refractivity contribution >= 4 is 22.5 Å². The second kappa shape index (κ2) is 35.8. The van der Waals surface area contributed by atoms with Gasteiger partial charge in [0.2, 0.25) is 0 Å². The Balaban J connectivity index is 3.13. The van der Waals surface area contributed by atoms with E-state index < -0.39 is 0 Å². The van der Waals surface area contributed by atoms with Gasteiger partial charge in [0.05, 0.1) is 0 Å². The van der Waals surface area contributed by atoms with E-state index >= 15 is 0 Å². The number of hydrogen-bond acceptors (Lipinski definition) is 0. The topological polar surface area (TPSA) is 0 Å². The van der Waals surface area contributed by atoms with Crippen molar-refractivity contribution in [2.24, 2.45) is 0 Å². The first-order chi connectivity index (χ1) is 18.8. The van der Waals surface area contributed by atoms with Crippen molar-refractivity contribution in [3.05, 3.63) is 0 Å². The fourth-order valence-electron chi connectivity index (χ4n) is 6.02. The monoisotopic (exact) mass is 639 g/mol. The summed E-state index contributed by atoms with van der Waals surface area (Å²) in [6.07, 6.45) is 50.5. The van der Waals surface area contributed by atoms with Crippen LogP contribution in [0.2, 0.25) is 3.93 Å². The minimum Gasteiger partial charge on any atom is -0.0654 e. The van der Waals surface area contributed by atoms with Gasteiger partial charge in [0.15, 0.2) is 0 Å². The number of unbranched alkanes of at least 4 members (excludes halogenated alkanes) is 30. The van der Waals surface area contributed by atoms with Gasteiger partial charge in [-0.2, -0.15) is 0 Å². The smallest absolute Gasteiger partial charge is 0.0654 e. The van der Waals surface area contributed by atoms with Crippen molar-refractivity contribution < 1.29 is 0 Å². The summed E-state index contributed by atoms with van der Waals surface area (Å²) in [4.78, 5) is 0. The zero-order valence-corrected chi connectivity index (χ0v) is 30.0. The molecular formula is C37H75Sn. The molecule has 0 N–H and O–H groups in total. The molecule has 0 saturated heterocycles. The summed E-state index contributed by atoms with van der Waals surface area (Å²) in [7, 11) is 0. The summed E-state index contributed by atoms with van der Waals surface area (Å²) in [5.41, 5.74) is 0. The van der Waals surface area contributed by atoms with Crippen molar-refractivity contribution in [3.63, 3.8) is 0 Å². The third kappa shape index (κ3) is 34.8. The summed E-state index contributed by atoms with van der Waals surface area (Å²) < 4.78 is 1.06. The normalized spacial score (nSPS) is 11.7. The second-order valence-corrected chi connectivity index (χ2v) is 15.2. The minimum atomic E-state index is 1.06. The van der Waals surface area contributed by atoms with Gasteiger partial charge in [-0.15, -0.1) is 0 Å². The maximum absolute atomic E-state index is 2.31. The van der Waals surface area contributed by atoms with Crippen LogP contribution in [0.15, 0.2) is 0 Å². The SMILES string of the molecule is CCCCCCCCCCCCCCCCCC[CH]([Sn])CCCCCCCCCCCCCCCCCC. The maximum atomic E-state index is 2.31.